The Labute approximate surface area is 147 Å². The highest BCUT2D eigenvalue weighted by molar-refractivity contribution is 5.99. The zero-order valence-corrected chi connectivity index (χ0v) is 15.8. The molecule has 4 aliphatic rings. The Balaban J connectivity index is 1.68. The Bertz CT molecular complexity index is 617. The smallest absolute Gasteiger partial charge is 0.159 e. The summed E-state index contributed by atoms with van der Waals surface area (Å²) in [6, 6.07) is 0.664. The van der Waals surface area contributed by atoms with Crippen molar-refractivity contribution >= 4 is 5.78 Å². The summed E-state index contributed by atoms with van der Waals surface area (Å²) >= 11 is 0. The molecule has 4 aliphatic carbocycles. The van der Waals surface area contributed by atoms with Crippen molar-refractivity contribution in [2.45, 2.75) is 71.8 Å². The van der Waals surface area contributed by atoms with Gasteiger partial charge in [0.15, 0.2) is 5.78 Å². The molecule has 0 amide bonds. The molecule has 2 heteroatoms. The molecule has 3 fully saturated rings. The van der Waals surface area contributed by atoms with Gasteiger partial charge in [-0.1, -0.05) is 31.6 Å². The Kier molecular flexibility index (Phi) is 3.84. The van der Waals surface area contributed by atoms with Gasteiger partial charge < -0.3 is 5.32 Å². The van der Waals surface area contributed by atoms with E-state index >= 15 is 0 Å². The number of carbonyl (C=O) groups is 1. The summed E-state index contributed by atoms with van der Waals surface area (Å²) in [7, 11) is 2.11. The van der Waals surface area contributed by atoms with Crippen molar-refractivity contribution in [3.8, 4) is 0 Å². The van der Waals surface area contributed by atoms with Crippen molar-refractivity contribution in [3.05, 3.63) is 23.3 Å². The minimum atomic E-state index is 0.150. The van der Waals surface area contributed by atoms with Crippen molar-refractivity contribution in [2.24, 2.45) is 28.6 Å². The van der Waals surface area contributed by atoms with E-state index in [2.05, 4.69) is 45.3 Å². The van der Waals surface area contributed by atoms with Crippen LogP contribution in [0.5, 0.6) is 0 Å². The minimum Gasteiger partial charge on any atom is -0.317 e. The number of hydrogen-bond acceptors (Lipinski definition) is 2. The third-order valence-corrected chi connectivity index (χ3v) is 8.51. The van der Waals surface area contributed by atoms with Crippen LogP contribution in [0.25, 0.3) is 0 Å². The molecule has 1 N–H and O–H groups in total. The van der Waals surface area contributed by atoms with Crippen molar-refractivity contribution in [3.63, 3.8) is 0 Å². The Morgan fingerprint density at radius 2 is 1.88 bits per heavy atom. The summed E-state index contributed by atoms with van der Waals surface area (Å²) in [4.78, 5) is 12.6. The number of nitrogens with one attached hydrogen (secondary N) is 1. The maximum atomic E-state index is 12.6. The van der Waals surface area contributed by atoms with Crippen molar-refractivity contribution in [1.29, 1.82) is 0 Å². The molecule has 4 rings (SSSR count). The zero-order chi connectivity index (χ0) is 17.1. The lowest BCUT2D eigenvalue weighted by atomic mass is 9.47. The molecule has 132 valence electrons. The standard InChI is InChI=1S/C22H33NO/c1-5-17-20(24)13-19-16-7-6-14-12-15(23-4)8-10-21(14,2)18(16)9-11-22(17,19)3/h5-6,15-16,18-19,23H,7-13H2,1-4H3/b17-5+/t15-,16+,18-,19-,21-,22+/m0/s1. The predicted octanol–water partition coefficient (Wildman–Crippen LogP) is 4.66. The van der Waals surface area contributed by atoms with Crippen LogP contribution in [-0.2, 0) is 4.79 Å². The van der Waals surface area contributed by atoms with Gasteiger partial charge in [-0.15, -0.1) is 0 Å². The van der Waals surface area contributed by atoms with Gasteiger partial charge in [0.05, 0.1) is 0 Å². The molecule has 0 bridgehead atoms. The monoisotopic (exact) mass is 327 g/mol. The number of carbonyl (C=O) groups excluding carboxylic acids is 1. The average molecular weight is 328 g/mol. The topological polar surface area (TPSA) is 29.1 Å². The molecule has 0 spiro atoms. The van der Waals surface area contributed by atoms with Gasteiger partial charge in [-0.3, -0.25) is 4.79 Å². The average Bonchev–Trinajstić information content (AvgIpc) is 2.83. The van der Waals surface area contributed by atoms with Crippen LogP contribution in [0.3, 0.4) is 0 Å². The molecular weight excluding hydrogens is 294 g/mol. The van der Waals surface area contributed by atoms with Crippen LogP contribution in [0.15, 0.2) is 23.3 Å². The largest absolute Gasteiger partial charge is 0.317 e. The van der Waals surface area contributed by atoms with Crippen molar-refractivity contribution in [1.82, 2.24) is 5.32 Å². The van der Waals surface area contributed by atoms with E-state index in [1.807, 2.05) is 0 Å². The predicted molar refractivity (Wildman–Crippen MR) is 98.7 cm³/mol. The van der Waals surface area contributed by atoms with Crippen molar-refractivity contribution in [2.75, 3.05) is 7.05 Å². The van der Waals surface area contributed by atoms with E-state index in [1.165, 1.54) is 38.5 Å². The molecule has 0 heterocycles. The van der Waals surface area contributed by atoms with Crippen LogP contribution >= 0.6 is 0 Å². The second-order valence-electron chi connectivity index (χ2n) is 9.27. The minimum absolute atomic E-state index is 0.150. The van der Waals surface area contributed by atoms with Crippen LogP contribution in [-0.4, -0.2) is 18.9 Å². The number of rotatable bonds is 1. The number of hydrogen-bond donors (Lipinski definition) is 1. The van der Waals surface area contributed by atoms with Crippen LogP contribution in [0.4, 0.5) is 0 Å². The maximum absolute atomic E-state index is 12.6. The lowest BCUT2D eigenvalue weighted by Crippen LogP contribution is -2.50. The summed E-state index contributed by atoms with van der Waals surface area (Å²) in [5.74, 6) is 2.51. The van der Waals surface area contributed by atoms with Gasteiger partial charge in [-0.25, -0.2) is 0 Å². The van der Waals surface area contributed by atoms with Gasteiger partial charge in [0, 0.05) is 12.5 Å². The first-order chi connectivity index (χ1) is 11.4. The molecule has 2 nitrogen and oxygen atoms in total. The Hall–Kier alpha value is -0.890. The number of ketones is 1. The highest BCUT2D eigenvalue weighted by atomic mass is 16.1. The van der Waals surface area contributed by atoms with Crippen LogP contribution in [0.2, 0.25) is 0 Å². The number of Topliss-reactive ketones (excluding diaryl/α,β-unsaturated/α-hetero) is 1. The first-order valence-electron chi connectivity index (χ1n) is 10.0. The van der Waals surface area contributed by atoms with Gasteiger partial charge in [0.2, 0.25) is 0 Å². The molecule has 0 aromatic carbocycles. The molecule has 0 aliphatic heterocycles. The summed E-state index contributed by atoms with van der Waals surface area (Å²) in [6.45, 7) is 6.98. The fourth-order valence-electron chi connectivity index (χ4n) is 7.06. The van der Waals surface area contributed by atoms with E-state index in [0.29, 0.717) is 29.1 Å². The first kappa shape index (κ1) is 16.6. The molecule has 0 unspecified atom stereocenters. The van der Waals surface area contributed by atoms with Crippen LogP contribution in [0.1, 0.15) is 65.7 Å². The molecule has 3 saturated carbocycles. The normalized spacial score (nSPS) is 49.4. The Morgan fingerprint density at radius 1 is 1.12 bits per heavy atom. The molecule has 6 atom stereocenters. The van der Waals surface area contributed by atoms with E-state index < -0.39 is 0 Å². The van der Waals surface area contributed by atoms with Crippen LogP contribution in [0, 0.1) is 28.6 Å². The summed E-state index contributed by atoms with van der Waals surface area (Å²) in [6.07, 6.45) is 13.1. The molecule has 0 aromatic rings. The number of fused-ring (bicyclic) bond motifs is 5. The fraction of sp³-hybridized carbons (Fsp3) is 0.773. The van der Waals surface area contributed by atoms with Gasteiger partial charge in [0.25, 0.3) is 0 Å². The fourth-order valence-corrected chi connectivity index (χ4v) is 7.06. The third-order valence-electron chi connectivity index (χ3n) is 8.51. The van der Waals surface area contributed by atoms with Crippen LogP contribution < -0.4 is 5.32 Å². The zero-order valence-electron chi connectivity index (χ0n) is 15.8. The SMILES string of the molecule is C/C=C1\C(=O)C[C@H]2[C@@H]3CC=C4C[C@@H](NC)CC[C@]4(C)[C@H]3CC[C@]12C. The van der Waals surface area contributed by atoms with Gasteiger partial charge in [0.1, 0.15) is 0 Å². The lowest BCUT2D eigenvalue weighted by Gasteiger charge is -2.57. The molecule has 0 radical (unpaired) electrons. The maximum Gasteiger partial charge on any atom is 0.159 e. The Morgan fingerprint density at radius 3 is 2.58 bits per heavy atom. The van der Waals surface area contributed by atoms with E-state index in [1.54, 1.807) is 5.57 Å². The highest BCUT2D eigenvalue weighted by Crippen LogP contribution is 2.65. The second-order valence-corrected chi connectivity index (χ2v) is 9.27. The molecule has 0 saturated heterocycles. The molecule has 0 aromatic heterocycles. The van der Waals surface area contributed by atoms with E-state index in [0.717, 1.165) is 17.9 Å². The van der Waals surface area contributed by atoms with Gasteiger partial charge in [-0.05, 0) is 86.7 Å². The van der Waals surface area contributed by atoms with E-state index in [-0.39, 0.29) is 5.41 Å². The highest BCUT2D eigenvalue weighted by Gasteiger charge is 2.59. The lowest BCUT2D eigenvalue weighted by molar-refractivity contribution is -0.115. The van der Waals surface area contributed by atoms with Gasteiger partial charge in [-0.2, -0.15) is 0 Å². The molecule has 24 heavy (non-hydrogen) atoms. The third kappa shape index (κ3) is 2.08. The summed E-state index contributed by atoms with van der Waals surface area (Å²) < 4.78 is 0. The summed E-state index contributed by atoms with van der Waals surface area (Å²) in [5, 5.41) is 3.50. The van der Waals surface area contributed by atoms with E-state index in [4.69, 9.17) is 0 Å². The first-order valence-corrected chi connectivity index (χ1v) is 10.0. The van der Waals surface area contributed by atoms with E-state index in [9.17, 15) is 4.79 Å². The van der Waals surface area contributed by atoms with Crippen molar-refractivity contribution < 1.29 is 4.79 Å². The number of allylic oxidation sites excluding steroid dienone is 3. The summed E-state index contributed by atoms with van der Waals surface area (Å²) in [5.41, 5.74) is 3.40. The quantitative estimate of drug-likeness (QED) is 0.560. The molecular formula is C22H33NO. The van der Waals surface area contributed by atoms with Gasteiger partial charge >= 0.3 is 0 Å². The second kappa shape index (κ2) is 5.56.